The van der Waals surface area contributed by atoms with E-state index in [1.54, 1.807) is 7.11 Å². The van der Waals surface area contributed by atoms with Crippen molar-refractivity contribution in [2.45, 2.75) is 12.5 Å². The Kier molecular flexibility index (Phi) is 3.66. The summed E-state index contributed by atoms with van der Waals surface area (Å²) in [5.74, 6) is 1.91. The van der Waals surface area contributed by atoms with E-state index in [0.717, 1.165) is 41.9 Å². The zero-order chi connectivity index (χ0) is 16.5. The summed E-state index contributed by atoms with van der Waals surface area (Å²) in [6.45, 7) is 1.88. The minimum absolute atomic E-state index is 0.305. The van der Waals surface area contributed by atoms with Gasteiger partial charge in [-0.25, -0.2) is 14.9 Å². The number of nitrogens with one attached hydrogen (secondary N) is 4. The van der Waals surface area contributed by atoms with Crippen molar-refractivity contribution in [3.05, 3.63) is 34.7 Å². The highest BCUT2D eigenvalue weighted by Gasteiger charge is 2.19. The first-order valence-corrected chi connectivity index (χ1v) is 7.84. The van der Waals surface area contributed by atoms with Crippen LogP contribution in [0.2, 0.25) is 0 Å². The molecule has 0 aliphatic carbocycles. The van der Waals surface area contributed by atoms with Gasteiger partial charge in [-0.1, -0.05) is 12.1 Å². The van der Waals surface area contributed by atoms with Crippen molar-refractivity contribution >= 4 is 16.6 Å². The lowest BCUT2D eigenvalue weighted by molar-refractivity contribution is 0.420. The predicted octanol–water partition coefficient (Wildman–Crippen LogP) is 1.10. The van der Waals surface area contributed by atoms with Gasteiger partial charge in [-0.15, -0.1) is 0 Å². The van der Waals surface area contributed by atoms with Gasteiger partial charge >= 0.3 is 5.69 Å². The number of hydrogen-bond acceptors (Lipinski definition) is 6. The van der Waals surface area contributed by atoms with Gasteiger partial charge in [-0.2, -0.15) is 5.10 Å². The largest absolute Gasteiger partial charge is 0.496 e. The fourth-order valence-corrected chi connectivity index (χ4v) is 3.04. The molecule has 24 heavy (non-hydrogen) atoms. The molecule has 1 aromatic carbocycles. The van der Waals surface area contributed by atoms with Crippen LogP contribution < -0.4 is 21.1 Å². The molecule has 1 aliphatic rings. The van der Waals surface area contributed by atoms with Gasteiger partial charge in [0.1, 0.15) is 17.3 Å². The van der Waals surface area contributed by atoms with Crippen molar-refractivity contribution in [2.75, 3.05) is 25.5 Å². The van der Waals surface area contributed by atoms with Gasteiger partial charge in [0.15, 0.2) is 5.82 Å². The summed E-state index contributed by atoms with van der Waals surface area (Å²) < 4.78 is 5.51. The van der Waals surface area contributed by atoms with E-state index in [9.17, 15) is 4.79 Å². The van der Waals surface area contributed by atoms with Crippen LogP contribution in [-0.4, -0.2) is 46.4 Å². The van der Waals surface area contributed by atoms with Gasteiger partial charge in [0, 0.05) is 12.6 Å². The van der Waals surface area contributed by atoms with Crippen molar-refractivity contribution in [3.63, 3.8) is 0 Å². The molecule has 0 amide bonds. The van der Waals surface area contributed by atoms with Crippen LogP contribution in [0, 0.1) is 0 Å². The van der Waals surface area contributed by atoms with Crippen molar-refractivity contribution in [2.24, 2.45) is 0 Å². The topological polar surface area (TPSA) is 108 Å². The Bertz CT molecular complexity index is 926. The molecule has 1 unspecified atom stereocenters. The number of aromatic nitrogens is 4. The molecular weight excluding hydrogens is 308 g/mol. The van der Waals surface area contributed by atoms with Gasteiger partial charge in [0.25, 0.3) is 0 Å². The molecule has 2 aromatic heterocycles. The monoisotopic (exact) mass is 326 g/mol. The van der Waals surface area contributed by atoms with Crippen LogP contribution >= 0.6 is 0 Å². The average molecular weight is 326 g/mol. The fourth-order valence-electron chi connectivity index (χ4n) is 3.04. The molecule has 4 N–H and O–H groups in total. The Morgan fingerprint density at radius 2 is 2.29 bits per heavy atom. The van der Waals surface area contributed by atoms with E-state index in [0.29, 0.717) is 17.6 Å². The molecule has 4 rings (SSSR count). The molecule has 0 saturated carbocycles. The Morgan fingerprint density at radius 1 is 1.38 bits per heavy atom. The van der Waals surface area contributed by atoms with Crippen molar-refractivity contribution in [1.82, 2.24) is 25.5 Å². The number of H-pyrrole nitrogens is 2. The second kappa shape index (κ2) is 5.97. The number of anilines is 1. The maximum atomic E-state index is 11.3. The number of hydrogen-bond donors (Lipinski definition) is 4. The number of rotatable bonds is 4. The van der Waals surface area contributed by atoms with Crippen LogP contribution in [0.15, 0.2) is 29.1 Å². The van der Waals surface area contributed by atoms with Crippen LogP contribution in [0.25, 0.3) is 22.3 Å². The summed E-state index contributed by atoms with van der Waals surface area (Å²) >= 11 is 0. The van der Waals surface area contributed by atoms with Gasteiger partial charge < -0.3 is 15.4 Å². The fraction of sp³-hybridized carbons (Fsp3) is 0.312. The second-order valence-corrected chi connectivity index (χ2v) is 5.77. The first-order chi connectivity index (χ1) is 11.7. The summed E-state index contributed by atoms with van der Waals surface area (Å²) in [5, 5.41) is 15.1. The van der Waals surface area contributed by atoms with E-state index in [4.69, 9.17) is 4.74 Å². The van der Waals surface area contributed by atoms with E-state index < -0.39 is 0 Å². The highest BCUT2D eigenvalue weighted by Crippen LogP contribution is 2.34. The molecule has 0 spiro atoms. The molecule has 1 fully saturated rings. The minimum Gasteiger partial charge on any atom is -0.496 e. The number of benzene rings is 1. The summed E-state index contributed by atoms with van der Waals surface area (Å²) in [5.41, 5.74) is 0.245. The maximum Gasteiger partial charge on any atom is 0.340 e. The van der Waals surface area contributed by atoms with E-state index in [1.807, 2.05) is 24.3 Å². The molecule has 1 aliphatic heterocycles. The first-order valence-electron chi connectivity index (χ1n) is 7.84. The molecule has 8 heteroatoms. The number of ether oxygens (including phenoxy) is 1. The Hall–Kier alpha value is -2.87. The average Bonchev–Trinajstić information content (AvgIpc) is 3.25. The summed E-state index contributed by atoms with van der Waals surface area (Å²) in [6.07, 6.45) is 1.03. The molecule has 3 heterocycles. The lowest BCUT2D eigenvalue weighted by Crippen LogP contribution is -2.23. The van der Waals surface area contributed by atoms with Crippen molar-refractivity contribution in [3.8, 4) is 17.3 Å². The van der Waals surface area contributed by atoms with E-state index in [2.05, 4.69) is 30.8 Å². The summed E-state index contributed by atoms with van der Waals surface area (Å²) in [7, 11) is 1.65. The smallest absolute Gasteiger partial charge is 0.340 e. The van der Waals surface area contributed by atoms with Crippen LogP contribution in [0.4, 0.5) is 5.82 Å². The number of pyridine rings is 1. The maximum absolute atomic E-state index is 11.3. The summed E-state index contributed by atoms with van der Waals surface area (Å²) in [4.78, 5) is 18.7. The number of nitrogens with zero attached hydrogens (tertiary/aromatic N) is 2. The number of aromatic amines is 2. The third-order valence-corrected chi connectivity index (χ3v) is 4.18. The lowest BCUT2D eigenvalue weighted by Gasteiger charge is -2.17. The molecule has 8 nitrogen and oxygen atoms in total. The van der Waals surface area contributed by atoms with Gasteiger partial charge in [0.05, 0.1) is 12.5 Å². The third kappa shape index (κ3) is 2.61. The minimum atomic E-state index is -0.355. The SMILES string of the molecule is COc1cccc2cc(-c3n[nH]c(=O)[nH]3)nc(NC3CCNC3)c12. The lowest BCUT2D eigenvalue weighted by atomic mass is 10.1. The standard InChI is InChI=1S/C16H18N6O2/c1-24-12-4-2-3-9-7-11(14-20-16(23)22-21-14)19-15(13(9)12)18-10-5-6-17-8-10/h2-4,7,10,17H,5-6,8H2,1H3,(H,18,19)(H2,20,21,22,23). The Balaban J connectivity index is 1.88. The van der Waals surface area contributed by atoms with Gasteiger partial charge in [-0.05, 0) is 30.5 Å². The van der Waals surface area contributed by atoms with Gasteiger partial charge in [-0.3, -0.25) is 4.98 Å². The number of methoxy groups -OCH3 is 1. The van der Waals surface area contributed by atoms with Crippen LogP contribution in [0.1, 0.15) is 6.42 Å². The zero-order valence-electron chi connectivity index (χ0n) is 13.2. The van der Waals surface area contributed by atoms with E-state index in [1.165, 1.54) is 0 Å². The molecule has 0 bridgehead atoms. The summed E-state index contributed by atoms with van der Waals surface area (Å²) in [6, 6.07) is 8.03. The van der Waals surface area contributed by atoms with Gasteiger partial charge in [0.2, 0.25) is 0 Å². The van der Waals surface area contributed by atoms with Crippen molar-refractivity contribution in [1.29, 1.82) is 0 Å². The van der Waals surface area contributed by atoms with Crippen LogP contribution in [-0.2, 0) is 0 Å². The number of fused-ring (bicyclic) bond motifs is 1. The molecular formula is C16H18N6O2. The van der Waals surface area contributed by atoms with Crippen LogP contribution in [0.5, 0.6) is 5.75 Å². The predicted molar refractivity (Wildman–Crippen MR) is 91.4 cm³/mol. The van der Waals surface area contributed by atoms with Crippen LogP contribution in [0.3, 0.4) is 0 Å². The highest BCUT2D eigenvalue weighted by molar-refractivity contribution is 5.98. The quantitative estimate of drug-likeness (QED) is 0.572. The molecule has 1 saturated heterocycles. The normalized spacial score (nSPS) is 17.3. The molecule has 0 radical (unpaired) electrons. The second-order valence-electron chi connectivity index (χ2n) is 5.77. The van der Waals surface area contributed by atoms with Crippen molar-refractivity contribution < 1.29 is 4.74 Å². The third-order valence-electron chi connectivity index (χ3n) is 4.18. The molecule has 1 atom stereocenters. The first kappa shape index (κ1) is 14.7. The highest BCUT2D eigenvalue weighted by atomic mass is 16.5. The molecule has 3 aromatic rings. The Morgan fingerprint density at radius 3 is 3.00 bits per heavy atom. The molecule has 124 valence electrons. The Labute approximate surface area is 137 Å². The zero-order valence-corrected chi connectivity index (χ0v) is 13.2. The van der Waals surface area contributed by atoms with E-state index >= 15 is 0 Å². The van der Waals surface area contributed by atoms with E-state index in [-0.39, 0.29) is 5.69 Å².